The maximum Gasteiger partial charge on any atom is 0.247 e. The van der Waals surface area contributed by atoms with Gasteiger partial charge in [0.1, 0.15) is 17.5 Å². The minimum atomic E-state index is -0.237. The summed E-state index contributed by atoms with van der Waals surface area (Å²) >= 11 is 6.21. The topological polar surface area (TPSA) is 69.4 Å². The van der Waals surface area contributed by atoms with Crippen LogP contribution in [0.15, 0.2) is 40.8 Å². The Hall–Kier alpha value is -2.73. The lowest BCUT2D eigenvalue weighted by Gasteiger charge is -2.16. The van der Waals surface area contributed by atoms with Crippen LogP contribution < -0.4 is 14.8 Å². The first-order valence-electron chi connectivity index (χ1n) is 8.10. The largest absolute Gasteiger partial charge is 0.495 e. The summed E-state index contributed by atoms with van der Waals surface area (Å²) in [6.07, 6.45) is 0. The third-order valence-corrected chi connectivity index (χ3v) is 4.22. The molecule has 26 heavy (non-hydrogen) atoms. The Labute approximate surface area is 157 Å². The molecule has 0 fully saturated rings. The maximum absolute atomic E-state index is 6.21. The molecule has 136 valence electrons. The van der Waals surface area contributed by atoms with Crippen molar-refractivity contribution < 1.29 is 13.9 Å². The van der Waals surface area contributed by atoms with Gasteiger partial charge < -0.3 is 19.2 Å². The van der Waals surface area contributed by atoms with Gasteiger partial charge in [0.15, 0.2) is 0 Å². The highest BCUT2D eigenvalue weighted by atomic mass is 35.5. The Bertz CT molecular complexity index is 911. The van der Waals surface area contributed by atoms with E-state index in [0.29, 0.717) is 34.0 Å². The van der Waals surface area contributed by atoms with Crippen LogP contribution in [-0.2, 0) is 0 Å². The van der Waals surface area contributed by atoms with Gasteiger partial charge in [-0.2, -0.15) is 0 Å². The number of methoxy groups -OCH3 is 2. The van der Waals surface area contributed by atoms with Crippen molar-refractivity contribution in [2.75, 3.05) is 19.5 Å². The van der Waals surface area contributed by atoms with Crippen molar-refractivity contribution in [3.05, 3.63) is 52.9 Å². The van der Waals surface area contributed by atoms with Gasteiger partial charge in [0, 0.05) is 11.6 Å². The van der Waals surface area contributed by atoms with Gasteiger partial charge in [-0.05, 0) is 32.0 Å². The summed E-state index contributed by atoms with van der Waals surface area (Å²) in [6.45, 7) is 3.94. The second-order valence-electron chi connectivity index (χ2n) is 5.87. The number of nitrogens with one attached hydrogen (secondary N) is 1. The van der Waals surface area contributed by atoms with E-state index >= 15 is 0 Å². The molecular weight excluding hydrogens is 354 g/mol. The highest BCUT2D eigenvalue weighted by Crippen LogP contribution is 2.37. The van der Waals surface area contributed by atoms with Crippen LogP contribution in [0.3, 0.4) is 0 Å². The van der Waals surface area contributed by atoms with Crippen molar-refractivity contribution in [2.45, 2.75) is 19.9 Å². The average Bonchev–Trinajstić information content (AvgIpc) is 3.12. The molecule has 0 spiro atoms. The van der Waals surface area contributed by atoms with E-state index in [-0.39, 0.29) is 6.04 Å². The molecule has 0 aliphatic carbocycles. The number of ether oxygens (including phenoxy) is 2. The normalized spacial score (nSPS) is 11.9. The second kappa shape index (κ2) is 7.66. The number of nitrogens with zero attached hydrogens (tertiary/aromatic N) is 2. The molecule has 7 heteroatoms. The lowest BCUT2D eigenvalue weighted by Crippen LogP contribution is -2.08. The van der Waals surface area contributed by atoms with E-state index in [0.717, 1.165) is 11.1 Å². The van der Waals surface area contributed by atoms with Crippen LogP contribution in [0, 0.1) is 6.92 Å². The molecule has 1 heterocycles. The zero-order chi connectivity index (χ0) is 18.7. The zero-order valence-corrected chi connectivity index (χ0v) is 15.8. The third kappa shape index (κ3) is 3.75. The van der Waals surface area contributed by atoms with Crippen molar-refractivity contribution in [2.24, 2.45) is 0 Å². The summed E-state index contributed by atoms with van der Waals surface area (Å²) in [6, 6.07) is 11.2. The standard InChI is InChI=1S/C19H20ClN3O3/c1-11-6-5-7-13(8-11)19-23-22-18(26-19)12(2)21-15-9-14(20)16(24-3)10-17(15)25-4/h5-10,12,21H,1-4H3/t12-/m0/s1. The van der Waals surface area contributed by atoms with Crippen LogP contribution in [0.1, 0.15) is 24.4 Å². The first-order chi connectivity index (χ1) is 12.5. The lowest BCUT2D eigenvalue weighted by atomic mass is 10.1. The Morgan fingerprint density at radius 3 is 2.54 bits per heavy atom. The number of hydrogen-bond acceptors (Lipinski definition) is 6. The fourth-order valence-electron chi connectivity index (χ4n) is 2.57. The fraction of sp³-hybridized carbons (Fsp3) is 0.263. The highest BCUT2D eigenvalue weighted by molar-refractivity contribution is 6.32. The maximum atomic E-state index is 6.21. The molecule has 1 atom stereocenters. The van der Waals surface area contributed by atoms with Crippen LogP contribution in [0.5, 0.6) is 11.5 Å². The average molecular weight is 374 g/mol. The number of aromatic nitrogens is 2. The highest BCUT2D eigenvalue weighted by Gasteiger charge is 2.18. The van der Waals surface area contributed by atoms with E-state index in [1.165, 1.54) is 0 Å². The van der Waals surface area contributed by atoms with E-state index in [4.69, 9.17) is 25.5 Å². The lowest BCUT2D eigenvalue weighted by molar-refractivity contribution is 0.395. The van der Waals surface area contributed by atoms with Crippen molar-refractivity contribution >= 4 is 17.3 Å². The zero-order valence-electron chi connectivity index (χ0n) is 15.0. The summed E-state index contributed by atoms with van der Waals surface area (Å²) in [4.78, 5) is 0. The SMILES string of the molecule is COc1cc(OC)c(N[C@@H](C)c2nnc(-c3cccc(C)c3)o2)cc1Cl. The molecule has 0 bridgehead atoms. The molecule has 0 radical (unpaired) electrons. The molecule has 0 saturated carbocycles. The molecule has 6 nitrogen and oxygen atoms in total. The summed E-state index contributed by atoms with van der Waals surface area (Å²) in [5.74, 6) is 2.10. The van der Waals surface area contributed by atoms with Crippen molar-refractivity contribution in [1.82, 2.24) is 10.2 Å². The number of anilines is 1. The molecular formula is C19H20ClN3O3. The van der Waals surface area contributed by atoms with Crippen LogP contribution in [0.2, 0.25) is 5.02 Å². The smallest absolute Gasteiger partial charge is 0.247 e. The van der Waals surface area contributed by atoms with Gasteiger partial charge in [-0.25, -0.2) is 0 Å². The molecule has 2 aromatic carbocycles. The summed E-state index contributed by atoms with van der Waals surface area (Å²) in [7, 11) is 3.14. The van der Waals surface area contributed by atoms with Gasteiger partial charge in [-0.15, -0.1) is 10.2 Å². The quantitative estimate of drug-likeness (QED) is 0.663. The Kier molecular flexibility index (Phi) is 5.32. The van der Waals surface area contributed by atoms with E-state index in [1.54, 1.807) is 26.4 Å². The molecule has 3 aromatic rings. The van der Waals surface area contributed by atoms with Gasteiger partial charge in [-0.1, -0.05) is 29.3 Å². The Morgan fingerprint density at radius 2 is 1.85 bits per heavy atom. The van der Waals surface area contributed by atoms with Crippen LogP contribution in [-0.4, -0.2) is 24.4 Å². The van der Waals surface area contributed by atoms with Crippen LogP contribution >= 0.6 is 11.6 Å². The van der Waals surface area contributed by atoms with Crippen molar-refractivity contribution in [1.29, 1.82) is 0 Å². The summed E-state index contributed by atoms with van der Waals surface area (Å²) in [5, 5.41) is 12.1. The molecule has 1 N–H and O–H groups in total. The minimum absolute atomic E-state index is 0.237. The monoisotopic (exact) mass is 373 g/mol. The summed E-state index contributed by atoms with van der Waals surface area (Å²) < 4.78 is 16.4. The molecule has 0 amide bonds. The van der Waals surface area contributed by atoms with Gasteiger partial charge in [-0.3, -0.25) is 0 Å². The molecule has 0 aliphatic rings. The van der Waals surface area contributed by atoms with Gasteiger partial charge in [0.2, 0.25) is 11.8 Å². The third-order valence-electron chi connectivity index (χ3n) is 3.92. The van der Waals surface area contributed by atoms with Crippen LogP contribution in [0.25, 0.3) is 11.5 Å². The number of hydrogen-bond donors (Lipinski definition) is 1. The van der Waals surface area contributed by atoms with Crippen LogP contribution in [0.4, 0.5) is 5.69 Å². The predicted molar refractivity (Wildman–Crippen MR) is 101 cm³/mol. The molecule has 3 rings (SSSR count). The molecule has 0 unspecified atom stereocenters. The van der Waals surface area contributed by atoms with E-state index < -0.39 is 0 Å². The number of aryl methyl sites for hydroxylation is 1. The Balaban J connectivity index is 1.83. The number of halogens is 1. The van der Waals surface area contributed by atoms with Crippen molar-refractivity contribution in [3.63, 3.8) is 0 Å². The van der Waals surface area contributed by atoms with E-state index in [9.17, 15) is 0 Å². The minimum Gasteiger partial charge on any atom is -0.495 e. The Morgan fingerprint density at radius 1 is 1.08 bits per heavy atom. The van der Waals surface area contributed by atoms with Gasteiger partial charge in [0.05, 0.1) is 24.9 Å². The molecule has 0 saturated heterocycles. The first-order valence-corrected chi connectivity index (χ1v) is 8.48. The summed E-state index contributed by atoms with van der Waals surface area (Å²) in [5.41, 5.74) is 2.73. The van der Waals surface area contributed by atoms with Gasteiger partial charge in [0.25, 0.3) is 0 Å². The number of rotatable bonds is 6. The van der Waals surface area contributed by atoms with E-state index in [2.05, 4.69) is 15.5 Å². The predicted octanol–water partition coefficient (Wildman–Crippen LogP) is 4.89. The van der Waals surface area contributed by atoms with Crippen molar-refractivity contribution in [3.8, 4) is 23.0 Å². The second-order valence-corrected chi connectivity index (χ2v) is 6.28. The molecule has 1 aromatic heterocycles. The number of benzene rings is 2. The fourth-order valence-corrected chi connectivity index (χ4v) is 2.81. The van der Waals surface area contributed by atoms with E-state index in [1.807, 2.05) is 38.1 Å². The molecule has 0 aliphatic heterocycles. The van der Waals surface area contributed by atoms with Gasteiger partial charge >= 0.3 is 0 Å². The first kappa shape index (κ1) is 18.1.